The monoisotopic (exact) mass is 505 g/mol. The normalized spacial score (nSPS) is 15.6. The molecule has 0 spiro atoms. The number of amides is 1. The smallest absolute Gasteiger partial charge is 0.267 e. The van der Waals surface area contributed by atoms with Crippen molar-refractivity contribution in [3.63, 3.8) is 0 Å². The van der Waals surface area contributed by atoms with Gasteiger partial charge in [0.1, 0.15) is 0 Å². The van der Waals surface area contributed by atoms with Crippen molar-refractivity contribution in [3.05, 3.63) is 59.7 Å². The average molecular weight is 506 g/mol. The predicted molar refractivity (Wildman–Crippen MR) is 127 cm³/mol. The van der Waals surface area contributed by atoms with E-state index in [1.54, 1.807) is 48.7 Å². The van der Waals surface area contributed by atoms with Crippen molar-refractivity contribution in [2.75, 3.05) is 31.6 Å². The van der Waals surface area contributed by atoms with E-state index in [0.717, 1.165) is 0 Å². The van der Waals surface area contributed by atoms with E-state index in [9.17, 15) is 17.6 Å². The number of benzene rings is 2. The van der Waals surface area contributed by atoms with Crippen LogP contribution in [0.3, 0.4) is 0 Å². The number of rotatable bonds is 8. The number of ether oxygens (including phenoxy) is 2. The summed E-state index contributed by atoms with van der Waals surface area (Å²) in [5.41, 5.74) is 1.31. The number of nitrogens with one attached hydrogen (secondary N) is 1. The van der Waals surface area contributed by atoms with E-state index in [1.807, 2.05) is 0 Å². The van der Waals surface area contributed by atoms with Crippen molar-refractivity contribution in [3.8, 4) is 17.0 Å². The first-order valence-corrected chi connectivity index (χ1v) is 13.1. The molecule has 0 saturated carbocycles. The van der Waals surface area contributed by atoms with Gasteiger partial charge in [-0.1, -0.05) is 31.2 Å². The number of halogens is 1. The zero-order chi connectivity index (χ0) is 24.1. The highest BCUT2D eigenvalue weighted by Crippen LogP contribution is 2.27. The maximum absolute atomic E-state index is 13.9. The summed E-state index contributed by atoms with van der Waals surface area (Å²) in [6, 6.07) is 12.4. The summed E-state index contributed by atoms with van der Waals surface area (Å²) in [5, 5.41) is 4.83. The number of anilines is 1. The van der Waals surface area contributed by atoms with E-state index in [-0.39, 0.29) is 10.6 Å². The van der Waals surface area contributed by atoms with E-state index >= 15 is 0 Å². The third-order valence-electron chi connectivity index (χ3n) is 5.26. The zero-order valence-corrected chi connectivity index (χ0v) is 20.1. The van der Waals surface area contributed by atoms with Crippen LogP contribution >= 0.6 is 11.3 Å². The van der Waals surface area contributed by atoms with Crippen LogP contribution in [0.4, 0.5) is 9.52 Å². The van der Waals surface area contributed by atoms with E-state index in [2.05, 4.69) is 10.3 Å². The van der Waals surface area contributed by atoms with E-state index < -0.39 is 27.9 Å². The van der Waals surface area contributed by atoms with Gasteiger partial charge in [0, 0.05) is 24.0 Å². The minimum absolute atomic E-state index is 0.0106. The van der Waals surface area contributed by atoms with Crippen LogP contribution in [-0.4, -0.2) is 56.0 Å². The van der Waals surface area contributed by atoms with Gasteiger partial charge in [-0.3, -0.25) is 10.1 Å². The summed E-state index contributed by atoms with van der Waals surface area (Å²) >= 11 is 1.23. The van der Waals surface area contributed by atoms with Crippen LogP contribution in [0.25, 0.3) is 11.3 Å². The summed E-state index contributed by atoms with van der Waals surface area (Å²) in [6.45, 7) is 3.20. The van der Waals surface area contributed by atoms with Crippen LogP contribution in [0.1, 0.15) is 13.3 Å². The molecule has 4 rings (SSSR count). The Labute approximate surface area is 201 Å². The molecule has 34 heavy (non-hydrogen) atoms. The molecule has 1 unspecified atom stereocenters. The lowest BCUT2D eigenvalue weighted by atomic mass is 10.2. The van der Waals surface area contributed by atoms with Gasteiger partial charge < -0.3 is 9.47 Å². The number of thiazole rings is 1. The predicted octanol–water partition coefficient (Wildman–Crippen LogP) is 3.77. The molecule has 3 aromatic rings. The number of hydrogen-bond donors (Lipinski definition) is 1. The number of nitrogens with zero attached hydrogens (tertiary/aromatic N) is 2. The molecule has 180 valence electrons. The van der Waals surface area contributed by atoms with Crippen LogP contribution in [0, 0.1) is 5.82 Å². The summed E-state index contributed by atoms with van der Waals surface area (Å²) in [5.74, 6) is -0.959. The first-order valence-electron chi connectivity index (χ1n) is 10.7. The highest BCUT2D eigenvalue weighted by Gasteiger charge is 2.26. The molecule has 8 nitrogen and oxygen atoms in total. The molecule has 1 amide bonds. The Morgan fingerprint density at radius 3 is 2.59 bits per heavy atom. The van der Waals surface area contributed by atoms with E-state index in [4.69, 9.17) is 9.47 Å². The van der Waals surface area contributed by atoms with Gasteiger partial charge in [0.05, 0.1) is 23.8 Å². The van der Waals surface area contributed by atoms with Crippen LogP contribution in [0.15, 0.2) is 58.8 Å². The number of para-hydroxylation sites is 1. The molecule has 1 aliphatic rings. The fourth-order valence-electron chi connectivity index (χ4n) is 3.40. The fourth-order valence-corrected chi connectivity index (χ4v) is 5.53. The van der Waals surface area contributed by atoms with Gasteiger partial charge in [-0.15, -0.1) is 11.3 Å². The average Bonchev–Trinajstić information content (AvgIpc) is 3.32. The van der Waals surface area contributed by atoms with Gasteiger partial charge in [-0.2, -0.15) is 4.31 Å². The second-order valence-corrected chi connectivity index (χ2v) is 10.3. The second-order valence-electron chi connectivity index (χ2n) is 7.51. The van der Waals surface area contributed by atoms with E-state index in [1.165, 1.54) is 27.8 Å². The quantitative estimate of drug-likeness (QED) is 0.501. The van der Waals surface area contributed by atoms with Crippen LogP contribution < -0.4 is 10.1 Å². The highest BCUT2D eigenvalue weighted by atomic mass is 32.2. The van der Waals surface area contributed by atoms with Crippen molar-refractivity contribution >= 4 is 32.4 Å². The van der Waals surface area contributed by atoms with Crippen molar-refractivity contribution in [2.24, 2.45) is 0 Å². The topological polar surface area (TPSA) is 97.8 Å². The minimum Gasteiger partial charge on any atom is -0.478 e. The third-order valence-corrected chi connectivity index (χ3v) is 7.93. The Hall–Kier alpha value is -2.86. The molecule has 2 aromatic carbocycles. The highest BCUT2D eigenvalue weighted by molar-refractivity contribution is 7.89. The number of morpholine rings is 1. The maximum Gasteiger partial charge on any atom is 0.267 e. The molecule has 1 aromatic heterocycles. The fraction of sp³-hybridized carbons (Fsp3) is 0.304. The lowest BCUT2D eigenvalue weighted by molar-refractivity contribution is -0.122. The molecule has 1 fully saturated rings. The number of aromatic nitrogens is 1. The molecular weight excluding hydrogens is 481 g/mol. The molecule has 2 heterocycles. The van der Waals surface area contributed by atoms with Gasteiger partial charge >= 0.3 is 0 Å². The molecule has 1 N–H and O–H groups in total. The molecule has 1 aliphatic heterocycles. The maximum atomic E-state index is 13.9. The molecular formula is C23H24FN3O5S2. The van der Waals surface area contributed by atoms with E-state index in [0.29, 0.717) is 49.1 Å². The Balaban J connectivity index is 1.42. The van der Waals surface area contributed by atoms with Crippen LogP contribution in [-0.2, 0) is 19.6 Å². The SMILES string of the molecule is CCC(Oc1ccccc1F)C(=O)Nc1nc(-c2ccc(S(=O)(=O)N3CCOCC3)cc2)cs1. The standard InChI is InChI=1S/C23H24FN3O5S2/c1-2-20(32-21-6-4-3-5-18(21)24)22(28)26-23-25-19(15-33-23)16-7-9-17(10-8-16)34(29,30)27-11-13-31-14-12-27/h3-10,15,20H,2,11-14H2,1H3,(H,25,26,28). The first kappa shape index (κ1) is 24.3. The Morgan fingerprint density at radius 2 is 1.91 bits per heavy atom. The molecule has 1 saturated heterocycles. The molecule has 0 aliphatic carbocycles. The summed E-state index contributed by atoms with van der Waals surface area (Å²) in [4.78, 5) is 17.3. The van der Waals surface area contributed by atoms with Crippen molar-refractivity contribution in [1.82, 2.24) is 9.29 Å². The Bertz CT molecular complexity index is 1240. The zero-order valence-electron chi connectivity index (χ0n) is 18.4. The molecule has 1 atom stereocenters. The van der Waals surface area contributed by atoms with Gasteiger partial charge in [0.2, 0.25) is 10.0 Å². The first-order chi connectivity index (χ1) is 16.4. The summed E-state index contributed by atoms with van der Waals surface area (Å²) in [6.07, 6.45) is -0.536. The van der Waals surface area contributed by atoms with Gasteiger partial charge in [-0.25, -0.2) is 17.8 Å². The van der Waals surface area contributed by atoms with Gasteiger partial charge in [-0.05, 0) is 30.7 Å². The minimum atomic E-state index is -3.58. The number of sulfonamides is 1. The van der Waals surface area contributed by atoms with Crippen molar-refractivity contribution in [1.29, 1.82) is 0 Å². The second kappa shape index (κ2) is 10.6. The van der Waals surface area contributed by atoms with Crippen molar-refractivity contribution < 1.29 is 27.1 Å². The Morgan fingerprint density at radius 1 is 1.21 bits per heavy atom. The molecule has 11 heteroatoms. The largest absolute Gasteiger partial charge is 0.478 e. The summed E-state index contributed by atoms with van der Waals surface area (Å²) in [7, 11) is -3.58. The van der Waals surface area contributed by atoms with Gasteiger partial charge in [0.15, 0.2) is 22.8 Å². The summed E-state index contributed by atoms with van der Waals surface area (Å²) < 4.78 is 51.6. The lowest BCUT2D eigenvalue weighted by Gasteiger charge is -2.26. The number of hydrogen-bond acceptors (Lipinski definition) is 7. The lowest BCUT2D eigenvalue weighted by Crippen LogP contribution is -2.40. The third kappa shape index (κ3) is 5.44. The van der Waals surface area contributed by atoms with Crippen LogP contribution in [0.2, 0.25) is 0 Å². The molecule has 0 radical (unpaired) electrons. The van der Waals surface area contributed by atoms with Crippen molar-refractivity contribution in [2.45, 2.75) is 24.3 Å². The molecule has 0 bridgehead atoms. The van der Waals surface area contributed by atoms with Crippen LogP contribution in [0.5, 0.6) is 5.75 Å². The number of carbonyl (C=O) groups is 1. The van der Waals surface area contributed by atoms with Gasteiger partial charge in [0.25, 0.3) is 5.91 Å². The number of carbonyl (C=O) groups excluding carboxylic acids is 1. The Kier molecular flexibility index (Phi) is 7.57.